The summed E-state index contributed by atoms with van der Waals surface area (Å²) in [5.74, 6) is 2.08. The van der Waals surface area contributed by atoms with Crippen molar-refractivity contribution in [3.05, 3.63) is 23.7 Å². The summed E-state index contributed by atoms with van der Waals surface area (Å²) in [6, 6.07) is 4.38. The fraction of sp³-hybridized carbons (Fsp3) is 0.692. The monoisotopic (exact) mass is 225 g/mol. The molecule has 16 heavy (non-hydrogen) atoms. The molecule has 0 aliphatic heterocycles. The Hall–Kier alpha value is -0.800. The minimum Gasteiger partial charge on any atom is -0.464 e. The topological polar surface area (TPSA) is 34.4 Å². The molecule has 1 aromatic heterocycles. The van der Waals surface area contributed by atoms with Crippen LogP contribution in [-0.2, 0) is 11.2 Å². The molecule has 1 unspecified atom stereocenters. The van der Waals surface area contributed by atoms with Gasteiger partial charge in [-0.1, -0.05) is 6.92 Å². The van der Waals surface area contributed by atoms with Crippen molar-refractivity contribution in [2.45, 2.75) is 39.7 Å². The van der Waals surface area contributed by atoms with Gasteiger partial charge >= 0.3 is 0 Å². The van der Waals surface area contributed by atoms with E-state index in [1.165, 1.54) is 0 Å². The van der Waals surface area contributed by atoms with Gasteiger partial charge in [0.05, 0.1) is 6.04 Å². The van der Waals surface area contributed by atoms with Crippen LogP contribution in [0, 0.1) is 0 Å². The average Bonchev–Trinajstić information content (AvgIpc) is 2.77. The fourth-order valence-corrected chi connectivity index (χ4v) is 1.55. The van der Waals surface area contributed by atoms with Gasteiger partial charge in [0, 0.05) is 19.6 Å². The van der Waals surface area contributed by atoms with Crippen LogP contribution in [0.5, 0.6) is 0 Å². The lowest BCUT2D eigenvalue weighted by Gasteiger charge is -2.11. The van der Waals surface area contributed by atoms with E-state index >= 15 is 0 Å². The van der Waals surface area contributed by atoms with E-state index in [-0.39, 0.29) is 6.04 Å². The second-order valence-electron chi connectivity index (χ2n) is 3.88. The predicted octanol–water partition coefficient (Wildman–Crippen LogP) is 2.92. The molecule has 1 N–H and O–H groups in total. The number of nitrogens with one attached hydrogen (secondary N) is 1. The third kappa shape index (κ3) is 4.37. The summed E-state index contributed by atoms with van der Waals surface area (Å²) in [5, 5.41) is 3.42. The minimum atomic E-state index is 0.280. The molecule has 0 aliphatic carbocycles. The number of rotatable bonds is 8. The van der Waals surface area contributed by atoms with Gasteiger partial charge in [0.25, 0.3) is 0 Å². The van der Waals surface area contributed by atoms with Crippen molar-refractivity contribution < 1.29 is 9.15 Å². The van der Waals surface area contributed by atoms with Gasteiger partial charge < -0.3 is 14.5 Å². The Morgan fingerprint density at radius 1 is 1.38 bits per heavy atom. The Balaban J connectivity index is 2.21. The third-order valence-corrected chi connectivity index (χ3v) is 2.58. The van der Waals surface area contributed by atoms with Crippen LogP contribution in [0.2, 0.25) is 0 Å². The van der Waals surface area contributed by atoms with Gasteiger partial charge in [0.2, 0.25) is 0 Å². The van der Waals surface area contributed by atoms with Crippen LogP contribution in [0.25, 0.3) is 0 Å². The molecule has 0 saturated carbocycles. The average molecular weight is 225 g/mol. The lowest BCUT2D eigenvalue weighted by molar-refractivity contribution is 0.144. The maximum Gasteiger partial charge on any atom is 0.120 e. The molecule has 0 aliphatic rings. The van der Waals surface area contributed by atoms with Crippen LogP contribution in [0.1, 0.15) is 44.8 Å². The molecule has 0 saturated heterocycles. The standard InChI is InChI=1S/C13H23NO2/c1-4-12-7-8-13(16-12)11(3)14-9-6-10-15-5-2/h7-8,11,14H,4-6,9-10H2,1-3H3. The van der Waals surface area contributed by atoms with E-state index in [1.54, 1.807) is 0 Å². The predicted molar refractivity (Wildman–Crippen MR) is 65.6 cm³/mol. The molecule has 0 spiro atoms. The van der Waals surface area contributed by atoms with E-state index in [0.717, 1.165) is 44.1 Å². The van der Waals surface area contributed by atoms with Crippen molar-refractivity contribution in [3.8, 4) is 0 Å². The lowest BCUT2D eigenvalue weighted by atomic mass is 10.2. The first kappa shape index (κ1) is 13.3. The van der Waals surface area contributed by atoms with Crippen molar-refractivity contribution in [2.75, 3.05) is 19.8 Å². The molecule has 0 fully saturated rings. The zero-order chi connectivity index (χ0) is 11.8. The summed E-state index contributed by atoms with van der Waals surface area (Å²) in [5.41, 5.74) is 0. The quantitative estimate of drug-likeness (QED) is 0.691. The highest BCUT2D eigenvalue weighted by atomic mass is 16.5. The highest BCUT2D eigenvalue weighted by molar-refractivity contribution is 5.09. The maximum absolute atomic E-state index is 5.68. The highest BCUT2D eigenvalue weighted by Gasteiger charge is 2.08. The van der Waals surface area contributed by atoms with Crippen LogP contribution in [-0.4, -0.2) is 19.8 Å². The highest BCUT2D eigenvalue weighted by Crippen LogP contribution is 2.16. The lowest BCUT2D eigenvalue weighted by Crippen LogP contribution is -2.20. The molecule has 0 radical (unpaired) electrons. The molecular formula is C13H23NO2. The second-order valence-corrected chi connectivity index (χ2v) is 3.88. The summed E-state index contributed by atoms with van der Waals surface area (Å²) in [6.07, 6.45) is 2.00. The molecular weight excluding hydrogens is 202 g/mol. The van der Waals surface area contributed by atoms with Crippen LogP contribution in [0.3, 0.4) is 0 Å². The first-order valence-electron chi connectivity index (χ1n) is 6.17. The van der Waals surface area contributed by atoms with Gasteiger partial charge in [0.15, 0.2) is 0 Å². The van der Waals surface area contributed by atoms with Crippen molar-refractivity contribution in [3.63, 3.8) is 0 Å². The van der Waals surface area contributed by atoms with Crippen molar-refractivity contribution in [1.29, 1.82) is 0 Å². The molecule has 1 aromatic rings. The third-order valence-electron chi connectivity index (χ3n) is 2.58. The van der Waals surface area contributed by atoms with Gasteiger partial charge in [-0.25, -0.2) is 0 Å². The Labute approximate surface area is 98.2 Å². The summed E-state index contributed by atoms with van der Waals surface area (Å²) in [4.78, 5) is 0. The number of ether oxygens (including phenoxy) is 1. The zero-order valence-electron chi connectivity index (χ0n) is 10.6. The largest absolute Gasteiger partial charge is 0.464 e. The SMILES string of the molecule is CCOCCCNC(C)c1ccc(CC)o1. The molecule has 0 bridgehead atoms. The minimum absolute atomic E-state index is 0.280. The zero-order valence-corrected chi connectivity index (χ0v) is 10.6. The van der Waals surface area contributed by atoms with E-state index in [0.29, 0.717) is 0 Å². The Morgan fingerprint density at radius 3 is 2.81 bits per heavy atom. The van der Waals surface area contributed by atoms with E-state index in [4.69, 9.17) is 9.15 Å². The van der Waals surface area contributed by atoms with E-state index in [2.05, 4.69) is 25.2 Å². The van der Waals surface area contributed by atoms with Crippen LogP contribution < -0.4 is 5.32 Å². The second kappa shape index (κ2) is 7.47. The number of hydrogen-bond acceptors (Lipinski definition) is 3. The molecule has 0 aromatic carbocycles. The van der Waals surface area contributed by atoms with Gasteiger partial charge in [-0.2, -0.15) is 0 Å². The summed E-state index contributed by atoms with van der Waals surface area (Å²) in [7, 11) is 0. The van der Waals surface area contributed by atoms with E-state index in [1.807, 2.05) is 13.0 Å². The smallest absolute Gasteiger partial charge is 0.120 e. The van der Waals surface area contributed by atoms with Gasteiger partial charge in [-0.15, -0.1) is 0 Å². The number of hydrogen-bond donors (Lipinski definition) is 1. The van der Waals surface area contributed by atoms with Crippen molar-refractivity contribution in [1.82, 2.24) is 5.32 Å². The summed E-state index contributed by atoms with van der Waals surface area (Å²) >= 11 is 0. The van der Waals surface area contributed by atoms with Gasteiger partial charge in [0.1, 0.15) is 11.5 Å². The maximum atomic E-state index is 5.68. The Kier molecular flexibility index (Phi) is 6.19. The van der Waals surface area contributed by atoms with Crippen LogP contribution in [0.4, 0.5) is 0 Å². The normalized spacial score (nSPS) is 12.9. The molecule has 1 atom stereocenters. The molecule has 3 nitrogen and oxygen atoms in total. The van der Waals surface area contributed by atoms with Crippen LogP contribution >= 0.6 is 0 Å². The van der Waals surface area contributed by atoms with Gasteiger partial charge in [-0.05, 0) is 38.9 Å². The molecule has 3 heteroatoms. The van der Waals surface area contributed by atoms with Crippen molar-refractivity contribution in [2.24, 2.45) is 0 Å². The summed E-state index contributed by atoms with van der Waals surface area (Å²) in [6.45, 7) is 8.83. The van der Waals surface area contributed by atoms with Gasteiger partial charge in [-0.3, -0.25) is 0 Å². The first-order chi connectivity index (χ1) is 7.77. The first-order valence-corrected chi connectivity index (χ1v) is 6.17. The van der Waals surface area contributed by atoms with E-state index < -0.39 is 0 Å². The fourth-order valence-electron chi connectivity index (χ4n) is 1.55. The molecule has 0 amide bonds. The van der Waals surface area contributed by atoms with Crippen LogP contribution in [0.15, 0.2) is 16.5 Å². The van der Waals surface area contributed by atoms with E-state index in [9.17, 15) is 0 Å². The molecule has 92 valence electrons. The molecule has 1 heterocycles. The molecule has 1 rings (SSSR count). The Morgan fingerprint density at radius 2 is 2.19 bits per heavy atom. The Bertz CT molecular complexity index is 283. The van der Waals surface area contributed by atoms with Crippen molar-refractivity contribution >= 4 is 0 Å². The number of furan rings is 1. The number of aryl methyl sites for hydroxylation is 1. The summed E-state index contributed by atoms with van der Waals surface area (Å²) < 4.78 is 11.0.